The van der Waals surface area contributed by atoms with Crippen LogP contribution in [0.25, 0.3) is 0 Å². The van der Waals surface area contributed by atoms with Crippen molar-refractivity contribution >= 4 is 34.0 Å². The van der Waals surface area contributed by atoms with E-state index in [-0.39, 0.29) is 11.7 Å². The fraction of sp³-hybridized carbons (Fsp3) is 0.440. The van der Waals surface area contributed by atoms with E-state index in [0.29, 0.717) is 34.8 Å². The fourth-order valence-corrected chi connectivity index (χ4v) is 6.27. The van der Waals surface area contributed by atoms with Gasteiger partial charge in [0.15, 0.2) is 11.0 Å². The molecule has 0 spiro atoms. The first-order valence-corrected chi connectivity index (χ1v) is 13.4. The number of nitrogens with one attached hydrogen (secondary N) is 1. The van der Waals surface area contributed by atoms with E-state index in [1.54, 1.807) is 11.3 Å². The number of carbonyl (C=O) groups excluding carboxylic acids is 1. The van der Waals surface area contributed by atoms with Crippen molar-refractivity contribution in [2.45, 2.75) is 64.8 Å². The molecule has 1 aromatic carbocycles. The van der Waals surface area contributed by atoms with Gasteiger partial charge in [-0.05, 0) is 61.8 Å². The average Bonchev–Trinajstić information content (AvgIpc) is 3.40. The number of thioether (sulfide) groups is 1. The predicted octanol–water partition coefficient (Wildman–Crippen LogP) is 5.23. The Balaban J connectivity index is 1.36. The highest BCUT2D eigenvalue weighted by molar-refractivity contribution is 7.99. The molecular weight excluding hydrogens is 466 g/mol. The maximum Gasteiger partial charge on any atom is 0.235 e. The van der Waals surface area contributed by atoms with Gasteiger partial charge in [0.1, 0.15) is 23.4 Å². The summed E-state index contributed by atoms with van der Waals surface area (Å²) in [6.45, 7) is 7.36. The second kappa shape index (κ2) is 11.1. The molecular formula is C25H29N5O2S2. The number of fused-ring (bicyclic) bond motifs is 1. The highest BCUT2D eigenvalue weighted by atomic mass is 32.2. The second-order valence-corrected chi connectivity index (χ2v) is 10.5. The summed E-state index contributed by atoms with van der Waals surface area (Å²) in [6, 6.07) is 10.3. The van der Waals surface area contributed by atoms with Gasteiger partial charge in [0.2, 0.25) is 5.91 Å². The molecule has 0 aliphatic heterocycles. The van der Waals surface area contributed by atoms with Gasteiger partial charge >= 0.3 is 0 Å². The number of ether oxygens (including phenoxy) is 1. The molecule has 4 rings (SSSR count). The lowest BCUT2D eigenvalue weighted by Crippen LogP contribution is -2.15. The molecule has 1 amide bonds. The lowest BCUT2D eigenvalue weighted by Gasteiger charge is -2.17. The van der Waals surface area contributed by atoms with E-state index in [1.165, 1.54) is 22.2 Å². The average molecular weight is 496 g/mol. The van der Waals surface area contributed by atoms with Gasteiger partial charge in [-0.3, -0.25) is 4.79 Å². The zero-order chi connectivity index (χ0) is 24.1. The number of benzene rings is 1. The number of nitrogens with zero attached hydrogens (tertiary/aromatic N) is 4. The van der Waals surface area contributed by atoms with Crippen LogP contribution in [0, 0.1) is 17.2 Å². The quantitative estimate of drug-likeness (QED) is 0.409. The Kier molecular flexibility index (Phi) is 7.91. The SMILES string of the molecule is CCc1ccc(OCc2nnc(SCC(=O)Nc3sc4c(c3C#N)CCC(C)C4)n2CC)cc1. The smallest absolute Gasteiger partial charge is 0.235 e. The first kappa shape index (κ1) is 24.3. The third kappa shape index (κ3) is 5.45. The van der Waals surface area contributed by atoms with Crippen LogP contribution in [0.2, 0.25) is 0 Å². The molecule has 178 valence electrons. The number of rotatable bonds is 9. The summed E-state index contributed by atoms with van der Waals surface area (Å²) in [5.41, 5.74) is 3.02. The van der Waals surface area contributed by atoms with Crippen LogP contribution in [0.4, 0.5) is 5.00 Å². The number of thiophene rings is 1. The minimum absolute atomic E-state index is 0.146. The number of amides is 1. The molecule has 1 N–H and O–H groups in total. The van der Waals surface area contributed by atoms with Crippen molar-refractivity contribution < 1.29 is 9.53 Å². The Bertz CT molecular complexity index is 1190. The lowest BCUT2D eigenvalue weighted by atomic mass is 9.89. The van der Waals surface area contributed by atoms with Gasteiger partial charge in [-0.2, -0.15) is 5.26 Å². The largest absolute Gasteiger partial charge is 0.486 e. The highest BCUT2D eigenvalue weighted by Crippen LogP contribution is 2.39. The molecule has 3 aromatic rings. The minimum atomic E-state index is -0.146. The highest BCUT2D eigenvalue weighted by Gasteiger charge is 2.25. The number of nitriles is 1. The van der Waals surface area contributed by atoms with Crippen molar-refractivity contribution in [3.05, 3.63) is 51.7 Å². The van der Waals surface area contributed by atoms with E-state index in [2.05, 4.69) is 47.6 Å². The molecule has 1 aliphatic carbocycles. The monoisotopic (exact) mass is 495 g/mol. The Morgan fingerprint density at radius 1 is 1.32 bits per heavy atom. The molecule has 0 saturated carbocycles. The van der Waals surface area contributed by atoms with Crippen LogP contribution in [-0.2, 0) is 37.2 Å². The zero-order valence-electron chi connectivity index (χ0n) is 19.8. The Labute approximate surface area is 208 Å². The Hall–Kier alpha value is -2.83. The maximum atomic E-state index is 12.7. The molecule has 1 aliphatic rings. The fourth-order valence-electron chi connectivity index (χ4n) is 4.07. The van der Waals surface area contributed by atoms with Crippen molar-refractivity contribution in [1.29, 1.82) is 5.26 Å². The van der Waals surface area contributed by atoms with E-state index < -0.39 is 0 Å². The van der Waals surface area contributed by atoms with Crippen molar-refractivity contribution in [2.75, 3.05) is 11.1 Å². The predicted molar refractivity (Wildman–Crippen MR) is 135 cm³/mol. The lowest BCUT2D eigenvalue weighted by molar-refractivity contribution is -0.113. The van der Waals surface area contributed by atoms with Crippen LogP contribution in [0.3, 0.4) is 0 Å². The van der Waals surface area contributed by atoms with Crippen molar-refractivity contribution in [2.24, 2.45) is 5.92 Å². The van der Waals surface area contributed by atoms with Gasteiger partial charge in [0, 0.05) is 11.4 Å². The van der Waals surface area contributed by atoms with Crippen LogP contribution in [-0.4, -0.2) is 26.4 Å². The normalized spacial score (nSPS) is 14.9. The molecule has 2 aromatic heterocycles. The van der Waals surface area contributed by atoms with Gasteiger partial charge < -0.3 is 14.6 Å². The van der Waals surface area contributed by atoms with E-state index in [4.69, 9.17) is 4.74 Å². The number of hydrogen-bond acceptors (Lipinski definition) is 7. The van der Waals surface area contributed by atoms with Gasteiger partial charge in [-0.25, -0.2) is 0 Å². The second-order valence-electron chi connectivity index (χ2n) is 8.43. The van der Waals surface area contributed by atoms with Gasteiger partial charge in [0.25, 0.3) is 0 Å². The van der Waals surface area contributed by atoms with E-state index >= 15 is 0 Å². The standard InChI is InChI=1S/C25H29N5O2S2/c1-4-17-7-9-18(10-8-17)32-14-22-28-29-25(30(22)5-2)33-15-23(31)27-24-20(13-26)19-11-6-16(3)12-21(19)34-24/h7-10,16H,4-6,11-12,14-15H2,1-3H3,(H,27,31). The van der Waals surface area contributed by atoms with Gasteiger partial charge in [0.05, 0.1) is 11.3 Å². The number of hydrogen-bond donors (Lipinski definition) is 1. The van der Waals surface area contributed by atoms with Gasteiger partial charge in [-0.15, -0.1) is 21.5 Å². The van der Waals surface area contributed by atoms with E-state index in [9.17, 15) is 10.1 Å². The van der Waals surface area contributed by atoms with Crippen LogP contribution >= 0.6 is 23.1 Å². The van der Waals surface area contributed by atoms with Crippen molar-refractivity contribution in [3.8, 4) is 11.8 Å². The summed E-state index contributed by atoms with van der Waals surface area (Å²) in [5.74, 6) is 2.18. The van der Waals surface area contributed by atoms with Crippen LogP contribution < -0.4 is 10.1 Å². The molecule has 9 heteroatoms. The number of carbonyl (C=O) groups is 1. The summed E-state index contributed by atoms with van der Waals surface area (Å²) in [4.78, 5) is 13.9. The molecule has 7 nitrogen and oxygen atoms in total. The summed E-state index contributed by atoms with van der Waals surface area (Å²) in [6.07, 6.45) is 3.97. The van der Waals surface area contributed by atoms with Crippen LogP contribution in [0.15, 0.2) is 29.4 Å². The Morgan fingerprint density at radius 3 is 2.82 bits per heavy atom. The molecule has 0 saturated heterocycles. The zero-order valence-corrected chi connectivity index (χ0v) is 21.4. The third-order valence-electron chi connectivity index (χ3n) is 6.02. The number of aromatic nitrogens is 3. The van der Waals surface area contributed by atoms with E-state index in [1.807, 2.05) is 23.6 Å². The van der Waals surface area contributed by atoms with Crippen molar-refractivity contribution in [3.63, 3.8) is 0 Å². The van der Waals surface area contributed by atoms with Gasteiger partial charge in [-0.1, -0.05) is 37.7 Å². The molecule has 1 unspecified atom stereocenters. The molecule has 2 heterocycles. The molecule has 0 bridgehead atoms. The number of anilines is 1. The topological polar surface area (TPSA) is 92.8 Å². The number of aryl methyl sites for hydroxylation is 1. The van der Waals surface area contributed by atoms with Crippen LogP contribution in [0.1, 0.15) is 54.6 Å². The molecule has 0 radical (unpaired) electrons. The first-order chi connectivity index (χ1) is 16.5. The molecule has 0 fully saturated rings. The molecule has 34 heavy (non-hydrogen) atoms. The summed E-state index contributed by atoms with van der Waals surface area (Å²) < 4.78 is 7.85. The Morgan fingerprint density at radius 2 is 2.12 bits per heavy atom. The van der Waals surface area contributed by atoms with Crippen molar-refractivity contribution in [1.82, 2.24) is 14.8 Å². The third-order valence-corrected chi connectivity index (χ3v) is 8.15. The maximum absolute atomic E-state index is 12.7. The first-order valence-electron chi connectivity index (χ1n) is 11.6. The van der Waals surface area contributed by atoms with E-state index in [0.717, 1.165) is 42.8 Å². The summed E-state index contributed by atoms with van der Waals surface area (Å²) >= 11 is 2.88. The summed E-state index contributed by atoms with van der Waals surface area (Å²) in [5, 5.41) is 22.5. The summed E-state index contributed by atoms with van der Waals surface area (Å²) in [7, 11) is 0. The minimum Gasteiger partial charge on any atom is -0.486 e. The molecule has 1 atom stereocenters. The van der Waals surface area contributed by atoms with Crippen LogP contribution in [0.5, 0.6) is 5.75 Å².